The molecule has 0 aliphatic carbocycles. The van der Waals surface area contributed by atoms with E-state index in [9.17, 15) is 9.59 Å². The molecule has 6 heteroatoms. The van der Waals surface area contributed by atoms with Crippen LogP contribution in [-0.2, 0) is 16.1 Å². The predicted octanol–water partition coefficient (Wildman–Crippen LogP) is 2.89. The Morgan fingerprint density at radius 2 is 2.19 bits per heavy atom. The maximum Gasteiger partial charge on any atom is 0.326 e. The first-order valence-electron chi connectivity index (χ1n) is 6.92. The zero-order valence-corrected chi connectivity index (χ0v) is 13.4. The summed E-state index contributed by atoms with van der Waals surface area (Å²) in [5, 5.41) is 0.477. The Morgan fingerprint density at radius 1 is 1.38 bits per heavy atom. The predicted molar refractivity (Wildman–Crippen MR) is 84.2 cm³/mol. The standard InChI is InChI=1S/C15H17BrN2O3/c1-2-3-4-7-21-14(19)9-18-10-17-13-6-5-11(16)8-12(13)15(18)20/h5-6,8,10H,2-4,7,9H2,1H3. The van der Waals surface area contributed by atoms with Crippen LogP contribution >= 0.6 is 15.9 Å². The van der Waals surface area contributed by atoms with Gasteiger partial charge in [-0.3, -0.25) is 14.2 Å². The number of benzene rings is 1. The topological polar surface area (TPSA) is 61.2 Å². The third-order valence-corrected chi connectivity index (χ3v) is 3.59. The van der Waals surface area contributed by atoms with Crippen molar-refractivity contribution in [3.63, 3.8) is 0 Å². The third kappa shape index (κ3) is 4.14. The second-order valence-corrected chi connectivity index (χ2v) is 5.68. The molecule has 0 saturated carbocycles. The number of esters is 1. The maximum atomic E-state index is 12.3. The molecule has 1 aromatic heterocycles. The highest BCUT2D eigenvalue weighted by Gasteiger charge is 2.09. The van der Waals surface area contributed by atoms with E-state index in [0.29, 0.717) is 17.5 Å². The Balaban J connectivity index is 2.10. The molecule has 0 spiro atoms. The summed E-state index contributed by atoms with van der Waals surface area (Å²) in [6, 6.07) is 5.28. The van der Waals surface area contributed by atoms with Gasteiger partial charge in [-0.2, -0.15) is 0 Å². The van der Waals surface area contributed by atoms with Crippen LogP contribution in [-0.4, -0.2) is 22.1 Å². The maximum absolute atomic E-state index is 12.3. The molecule has 0 bridgehead atoms. The van der Waals surface area contributed by atoms with Gasteiger partial charge in [-0.25, -0.2) is 4.98 Å². The van der Waals surface area contributed by atoms with E-state index in [4.69, 9.17) is 4.74 Å². The Kier molecular flexibility index (Phi) is 5.50. The van der Waals surface area contributed by atoms with Gasteiger partial charge in [0.2, 0.25) is 0 Å². The smallest absolute Gasteiger partial charge is 0.326 e. The molecule has 0 atom stereocenters. The highest BCUT2D eigenvalue weighted by atomic mass is 79.9. The van der Waals surface area contributed by atoms with Gasteiger partial charge in [0.15, 0.2) is 0 Å². The Hall–Kier alpha value is -1.69. The van der Waals surface area contributed by atoms with Crippen molar-refractivity contribution >= 4 is 32.8 Å². The number of unbranched alkanes of at least 4 members (excludes halogenated alkanes) is 2. The van der Waals surface area contributed by atoms with Gasteiger partial charge in [-0.15, -0.1) is 0 Å². The minimum atomic E-state index is -0.413. The van der Waals surface area contributed by atoms with Crippen molar-refractivity contribution in [3.8, 4) is 0 Å². The Bertz CT molecular complexity index is 697. The normalized spacial score (nSPS) is 10.8. The molecule has 21 heavy (non-hydrogen) atoms. The zero-order chi connectivity index (χ0) is 15.2. The van der Waals surface area contributed by atoms with Gasteiger partial charge in [0.1, 0.15) is 6.54 Å². The van der Waals surface area contributed by atoms with Gasteiger partial charge < -0.3 is 4.74 Å². The molecule has 0 amide bonds. The molecule has 1 heterocycles. The minimum absolute atomic E-state index is 0.111. The van der Waals surface area contributed by atoms with E-state index in [-0.39, 0.29) is 12.1 Å². The lowest BCUT2D eigenvalue weighted by molar-refractivity contribution is -0.144. The molecule has 0 unspecified atom stereocenters. The summed E-state index contributed by atoms with van der Waals surface area (Å²) in [5.74, 6) is -0.413. The first-order valence-corrected chi connectivity index (χ1v) is 7.71. The fourth-order valence-corrected chi connectivity index (χ4v) is 2.33. The van der Waals surface area contributed by atoms with Crippen LogP contribution in [0.3, 0.4) is 0 Å². The molecule has 0 aliphatic heterocycles. The molecule has 112 valence electrons. The van der Waals surface area contributed by atoms with Gasteiger partial charge in [0, 0.05) is 4.47 Å². The van der Waals surface area contributed by atoms with Crippen molar-refractivity contribution in [1.82, 2.24) is 9.55 Å². The Labute approximate surface area is 131 Å². The molecule has 0 aliphatic rings. The lowest BCUT2D eigenvalue weighted by Gasteiger charge is -2.07. The number of carbonyl (C=O) groups is 1. The molecule has 5 nitrogen and oxygen atoms in total. The van der Waals surface area contributed by atoms with E-state index in [0.717, 1.165) is 23.7 Å². The zero-order valence-electron chi connectivity index (χ0n) is 11.8. The minimum Gasteiger partial charge on any atom is -0.464 e. The van der Waals surface area contributed by atoms with Crippen LogP contribution in [0.5, 0.6) is 0 Å². The van der Waals surface area contributed by atoms with Crippen LogP contribution < -0.4 is 5.56 Å². The monoisotopic (exact) mass is 352 g/mol. The first kappa shape index (κ1) is 15.7. The summed E-state index contributed by atoms with van der Waals surface area (Å²) < 4.78 is 7.18. The van der Waals surface area contributed by atoms with Crippen molar-refractivity contribution in [2.75, 3.05) is 6.61 Å². The number of ether oxygens (including phenoxy) is 1. The highest BCUT2D eigenvalue weighted by Crippen LogP contribution is 2.14. The van der Waals surface area contributed by atoms with Crippen molar-refractivity contribution in [3.05, 3.63) is 39.4 Å². The van der Waals surface area contributed by atoms with Gasteiger partial charge in [0.25, 0.3) is 5.56 Å². The number of halogens is 1. The number of carbonyl (C=O) groups excluding carboxylic acids is 1. The van der Waals surface area contributed by atoms with E-state index in [1.807, 2.05) is 6.07 Å². The Morgan fingerprint density at radius 3 is 2.95 bits per heavy atom. The third-order valence-electron chi connectivity index (χ3n) is 3.10. The lowest BCUT2D eigenvalue weighted by atomic mass is 10.2. The van der Waals surface area contributed by atoms with Crippen LogP contribution in [0.25, 0.3) is 10.9 Å². The van der Waals surface area contributed by atoms with E-state index >= 15 is 0 Å². The second-order valence-electron chi connectivity index (χ2n) is 4.77. The van der Waals surface area contributed by atoms with E-state index in [1.54, 1.807) is 12.1 Å². The summed E-state index contributed by atoms with van der Waals surface area (Å²) in [4.78, 5) is 28.2. The molecule has 1 aromatic carbocycles. The van der Waals surface area contributed by atoms with Gasteiger partial charge in [-0.05, 0) is 24.6 Å². The summed E-state index contributed by atoms with van der Waals surface area (Å²) in [5.41, 5.74) is 0.363. The van der Waals surface area contributed by atoms with Gasteiger partial charge >= 0.3 is 5.97 Å². The first-order chi connectivity index (χ1) is 10.1. The highest BCUT2D eigenvalue weighted by molar-refractivity contribution is 9.10. The number of hydrogen-bond donors (Lipinski definition) is 0. The van der Waals surface area contributed by atoms with Crippen LogP contribution in [0.1, 0.15) is 26.2 Å². The quantitative estimate of drug-likeness (QED) is 0.592. The van der Waals surface area contributed by atoms with E-state index < -0.39 is 5.97 Å². The molecule has 0 saturated heterocycles. The largest absolute Gasteiger partial charge is 0.464 e. The molecule has 2 aromatic rings. The fraction of sp³-hybridized carbons (Fsp3) is 0.400. The van der Waals surface area contributed by atoms with Crippen molar-refractivity contribution in [2.45, 2.75) is 32.7 Å². The van der Waals surface area contributed by atoms with Crippen molar-refractivity contribution in [2.24, 2.45) is 0 Å². The summed E-state index contributed by atoms with van der Waals surface area (Å²) >= 11 is 3.32. The molecule has 0 N–H and O–H groups in total. The molecular weight excluding hydrogens is 336 g/mol. The SMILES string of the molecule is CCCCCOC(=O)Cn1cnc2ccc(Br)cc2c1=O. The van der Waals surface area contributed by atoms with E-state index in [2.05, 4.69) is 27.8 Å². The van der Waals surface area contributed by atoms with Crippen LogP contribution in [0.2, 0.25) is 0 Å². The van der Waals surface area contributed by atoms with Crippen LogP contribution in [0.15, 0.2) is 33.8 Å². The number of aromatic nitrogens is 2. The molecular formula is C15H17BrN2O3. The summed E-state index contributed by atoms with van der Waals surface area (Å²) in [6.07, 6.45) is 4.32. The number of nitrogens with zero attached hydrogens (tertiary/aromatic N) is 2. The fourth-order valence-electron chi connectivity index (χ4n) is 1.97. The molecule has 2 rings (SSSR count). The molecule has 0 radical (unpaired) electrons. The lowest BCUT2D eigenvalue weighted by Crippen LogP contribution is -2.25. The average Bonchev–Trinajstić information content (AvgIpc) is 2.47. The number of rotatable bonds is 6. The average molecular weight is 353 g/mol. The van der Waals surface area contributed by atoms with Gasteiger partial charge in [0.05, 0.1) is 23.8 Å². The number of fused-ring (bicyclic) bond motifs is 1. The van der Waals surface area contributed by atoms with E-state index in [1.165, 1.54) is 10.9 Å². The van der Waals surface area contributed by atoms with Crippen molar-refractivity contribution < 1.29 is 9.53 Å². The van der Waals surface area contributed by atoms with Crippen LogP contribution in [0, 0.1) is 0 Å². The second kappa shape index (κ2) is 7.36. The van der Waals surface area contributed by atoms with Gasteiger partial charge in [-0.1, -0.05) is 35.7 Å². The van der Waals surface area contributed by atoms with Crippen molar-refractivity contribution in [1.29, 1.82) is 0 Å². The van der Waals surface area contributed by atoms with Crippen LogP contribution in [0.4, 0.5) is 0 Å². The summed E-state index contributed by atoms with van der Waals surface area (Å²) in [6.45, 7) is 2.37. The molecule has 0 fully saturated rings. The number of hydrogen-bond acceptors (Lipinski definition) is 4. The summed E-state index contributed by atoms with van der Waals surface area (Å²) in [7, 11) is 0.